The van der Waals surface area contributed by atoms with Crippen LogP contribution >= 0.6 is 0 Å². The summed E-state index contributed by atoms with van der Waals surface area (Å²) >= 11 is 0. The summed E-state index contributed by atoms with van der Waals surface area (Å²) in [6, 6.07) is 0. The van der Waals surface area contributed by atoms with E-state index in [0.717, 1.165) is 0 Å². The van der Waals surface area contributed by atoms with Crippen LogP contribution in [0.25, 0.3) is 0 Å². The van der Waals surface area contributed by atoms with E-state index in [0.29, 0.717) is 18.0 Å². The highest BCUT2D eigenvalue weighted by atomic mass is 16.5. The van der Waals surface area contributed by atoms with Crippen molar-refractivity contribution in [3.8, 4) is 0 Å². The summed E-state index contributed by atoms with van der Waals surface area (Å²) in [6.45, 7) is 0.294. The molecule has 66 valence electrons. The highest BCUT2D eigenvalue weighted by molar-refractivity contribution is 5.90. The zero-order valence-corrected chi connectivity index (χ0v) is 6.96. The zero-order valence-electron chi connectivity index (χ0n) is 6.96. The minimum absolute atomic E-state index is 0.294. The molecule has 0 aliphatic carbocycles. The van der Waals surface area contributed by atoms with Gasteiger partial charge < -0.3 is 14.8 Å². The predicted octanol–water partition coefficient (Wildman–Crippen LogP) is -0.351. The van der Waals surface area contributed by atoms with Crippen LogP contribution in [0.5, 0.6) is 0 Å². The summed E-state index contributed by atoms with van der Waals surface area (Å²) in [5, 5.41) is 2.70. The van der Waals surface area contributed by atoms with Crippen LogP contribution in [-0.4, -0.2) is 33.1 Å². The molecule has 0 spiro atoms. The van der Waals surface area contributed by atoms with Crippen LogP contribution in [0.3, 0.4) is 0 Å². The van der Waals surface area contributed by atoms with Crippen molar-refractivity contribution in [3.63, 3.8) is 0 Å². The SMILES string of the molecule is COC(=O)C1=C(OC)NC=NC1. The van der Waals surface area contributed by atoms with Crippen LogP contribution < -0.4 is 5.32 Å². The molecule has 0 saturated heterocycles. The first kappa shape index (κ1) is 8.58. The maximum absolute atomic E-state index is 11.1. The van der Waals surface area contributed by atoms with Crippen LogP contribution in [0, 0.1) is 0 Å². The van der Waals surface area contributed by atoms with Crippen LogP contribution in [0.1, 0.15) is 0 Å². The molecule has 0 aromatic carbocycles. The third kappa shape index (κ3) is 1.55. The molecule has 1 rings (SSSR count). The molecule has 0 unspecified atom stereocenters. The Morgan fingerprint density at radius 3 is 3.00 bits per heavy atom. The molecule has 5 heteroatoms. The number of ether oxygens (including phenoxy) is 2. The quantitative estimate of drug-likeness (QED) is 0.575. The van der Waals surface area contributed by atoms with Crippen molar-refractivity contribution in [1.29, 1.82) is 0 Å². The van der Waals surface area contributed by atoms with Crippen molar-refractivity contribution in [2.75, 3.05) is 20.8 Å². The first-order valence-electron chi connectivity index (χ1n) is 3.40. The van der Waals surface area contributed by atoms with Gasteiger partial charge in [0.2, 0.25) is 5.88 Å². The Labute approximate surface area is 70.1 Å². The molecule has 0 aromatic heterocycles. The molecule has 0 aromatic rings. The topological polar surface area (TPSA) is 59.9 Å². The average molecular weight is 170 g/mol. The largest absolute Gasteiger partial charge is 0.482 e. The number of nitrogens with one attached hydrogen (secondary N) is 1. The smallest absolute Gasteiger partial charge is 0.341 e. The van der Waals surface area contributed by atoms with Gasteiger partial charge in [-0.2, -0.15) is 0 Å². The van der Waals surface area contributed by atoms with Gasteiger partial charge in [0.25, 0.3) is 0 Å². The molecule has 5 nitrogen and oxygen atoms in total. The monoisotopic (exact) mass is 170 g/mol. The summed E-state index contributed by atoms with van der Waals surface area (Å²) in [5.74, 6) is -0.0203. The second-order valence-corrected chi connectivity index (χ2v) is 2.12. The van der Waals surface area contributed by atoms with Crippen molar-refractivity contribution >= 4 is 12.3 Å². The van der Waals surface area contributed by atoms with Gasteiger partial charge in [0.15, 0.2) is 0 Å². The molecule has 1 aliphatic rings. The van der Waals surface area contributed by atoms with E-state index in [2.05, 4.69) is 15.0 Å². The highest BCUT2D eigenvalue weighted by Crippen LogP contribution is 2.07. The van der Waals surface area contributed by atoms with Crippen molar-refractivity contribution in [2.45, 2.75) is 0 Å². The second kappa shape index (κ2) is 3.75. The highest BCUT2D eigenvalue weighted by Gasteiger charge is 2.18. The number of methoxy groups -OCH3 is 2. The van der Waals surface area contributed by atoms with Gasteiger partial charge in [-0.15, -0.1) is 0 Å². The van der Waals surface area contributed by atoms with Crippen LogP contribution in [-0.2, 0) is 14.3 Å². The second-order valence-electron chi connectivity index (χ2n) is 2.12. The first-order chi connectivity index (χ1) is 5.79. The van der Waals surface area contributed by atoms with Gasteiger partial charge in [-0.25, -0.2) is 4.79 Å². The maximum Gasteiger partial charge on any atom is 0.341 e. The van der Waals surface area contributed by atoms with Gasteiger partial charge in [0.1, 0.15) is 5.57 Å². The van der Waals surface area contributed by atoms with Gasteiger partial charge in [-0.05, 0) is 0 Å². The minimum atomic E-state index is -0.420. The summed E-state index contributed by atoms with van der Waals surface area (Å²) in [5.41, 5.74) is 0.405. The number of esters is 1. The number of hydrogen-bond donors (Lipinski definition) is 1. The van der Waals surface area contributed by atoms with E-state index in [-0.39, 0.29) is 0 Å². The van der Waals surface area contributed by atoms with E-state index in [4.69, 9.17) is 4.74 Å². The molecule has 1 aliphatic heterocycles. The summed E-state index contributed by atoms with van der Waals surface area (Å²) in [7, 11) is 2.80. The fourth-order valence-corrected chi connectivity index (χ4v) is 0.863. The Hall–Kier alpha value is -1.52. The molecule has 12 heavy (non-hydrogen) atoms. The normalized spacial score (nSPS) is 15.5. The van der Waals surface area contributed by atoms with E-state index in [1.165, 1.54) is 20.6 Å². The summed E-state index contributed by atoms with van der Waals surface area (Å²) in [4.78, 5) is 14.9. The van der Waals surface area contributed by atoms with Crippen LogP contribution in [0.4, 0.5) is 0 Å². The maximum atomic E-state index is 11.1. The molecular weight excluding hydrogens is 160 g/mol. The molecule has 0 radical (unpaired) electrons. The van der Waals surface area contributed by atoms with E-state index >= 15 is 0 Å². The number of hydrogen-bond acceptors (Lipinski definition) is 5. The number of nitrogens with zero attached hydrogens (tertiary/aromatic N) is 1. The van der Waals surface area contributed by atoms with Gasteiger partial charge >= 0.3 is 5.97 Å². The van der Waals surface area contributed by atoms with Crippen molar-refractivity contribution in [2.24, 2.45) is 4.99 Å². The predicted molar refractivity (Wildman–Crippen MR) is 42.5 cm³/mol. The van der Waals surface area contributed by atoms with Gasteiger partial charge in [-0.1, -0.05) is 0 Å². The molecule has 1 heterocycles. The zero-order chi connectivity index (χ0) is 8.97. The van der Waals surface area contributed by atoms with Gasteiger partial charge in [0.05, 0.1) is 27.1 Å². The standard InChI is InChI=1S/C7H10N2O3/c1-11-6-5(7(10)12-2)3-8-4-9-6/h4H,3H2,1-2H3,(H,8,9). The molecule has 0 amide bonds. The van der Waals surface area contributed by atoms with Crippen LogP contribution in [0.2, 0.25) is 0 Å². The van der Waals surface area contributed by atoms with E-state index in [9.17, 15) is 4.79 Å². The molecular formula is C7H10N2O3. The third-order valence-corrected chi connectivity index (χ3v) is 1.45. The van der Waals surface area contributed by atoms with E-state index in [1.54, 1.807) is 0 Å². The number of rotatable bonds is 2. The van der Waals surface area contributed by atoms with E-state index < -0.39 is 5.97 Å². The molecule has 1 N–H and O–H groups in total. The lowest BCUT2D eigenvalue weighted by Gasteiger charge is -2.13. The Bertz CT molecular complexity index is 245. The number of aliphatic imine (C=N–C) groups is 1. The fraction of sp³-hybridized carbons (Fsp3) is 0.429. The lowest BCUT2D eigenvalue weighted by Crippen LogP contribution is -2.25. The summed E-state index contributed by atoms with van der Waals surface area (Å²) < 4.78 is 9.43. The van der Waals surface area contributed by atoms with Gasteiger partial charge in [-0.3, -0.25) is 4.99 Å². The Kier molecular flexibility index (Phi) is 2.68. The van der Waals surface area contributed by atoms with Crippen LogP contribution in [0.15, 0.2) is 16.4 Å². The Morgan fingerprint density at radius 2 is 2.42 bits per heavy atom. The number of carbonyl (C=O) groups excluding carboxylic acids is 1. The lowest BCUT2D eigenvalue weighted by atomic mass is 10.2. The first-order valence-corrected chi connectivity index (χ1v) is 3.40. The fourth-order valence-electron chi connectivity index (χ4n) is 0.863. The van der Waals surface area contributed by atoms with Gasteiger partial charge in [0, 0.05) is 0 Å². The minimum Gasteiger partial charge on any atom is -0.482 e. The molecule has 0 bridgehead atoms. The van der Waals surface area contributed by atoms with E-state index in [1.807, 2.05) is 0 Å². The van der Waals surface area contributed by atoms with Crippen molar-refractivity contribution in [1.82, 2.24) is 5.32 Å². The number of carbonyl (C=O) groups is 1. The molecule has 0 atom stereocenters. The Balaban J connectivity index is 2.81. The molecule has 0 saturated carbocycles. The average Bonchev–Trinajstić information content (AvgIpc) is 2.16. The van der Waals surface area contributed by atoms with Crippen molar-refractivity contribution < 1.29 is 14.3 Å². The lowest BCUT2D eigenvalue weighted by molar-refractivity contribution is -0.136. The summed E-state index contributed by atoms with van der Waals surface area (Å²) in [6.07, 6.45) is 1.48. The van der Waals surface area contributed by atoms with Crippen molar-refractivity contribution in [3.05, 3.63) is 11.5 Å². The Morgan fingerprint density at radius 1 is 1.67 bits per heavy atom. The molecule has 0 fully saturated rings. The third-order valence-electron chi connectivity index (χ3n) is 1.45.